The summed E-state index contributed by atoms with van der Waals surface area (Å²) in [6.45, 7) is 5.64. The van der Waals surface area contributed by atoms with Crippen LogP contribution in [0.15, 0.2) is 0 Å². The maximum atomic E-state index is 11.0. The third-order valence-electron chi connectivity index (χ3n) is 1.29. The topological polar surface area (TPSA) is 41.1 Å². The zero-order valence-electron chi connectivity index (χ0n) is 7.61. The third kappa shape index (κ3) is 7.33. The zero-order valence-corrected chi connectivity index (χ0v) is 7.61. The van der Waals surface area contributed by atoms with Gasteiger partial charge in [0.2, 0.25) is 5.91 Å². The van der Waals surface area contributed by atoms with Gasteiger partial charge in [-0.15, -0.1) is 0 Å². The molecule has 0 fully saturated rings. The van der Waals surface area contributed by atoms with Crippen molar-refractivity contribution in [3.8, 4) is 0 Å². The number of hydrogen-bond donors (Lipinski definition) is 2. The third-order valence-corrected chi connectivity index (χ3v) is 1.29. The van der Waals surface area contributed by atoms with Gasteiger partial charge in [-0.05, 0) is 13.0 Å². The van der Waals surface area contributed by atoms with Crippen molar-refractivity contribution in [2.45, 2.75) is 20.3 Å². The second kappa shape index (κ2) is 6.16. The molecule has 0 bridgehead atoms. The Morgan fingerprint density at radius 1 is 1.36 bits per heavy atom. The van der Waals surface area contributed by atoms with Gasteiger partial charge in [-0.3, -0.25) is 4.79 Å². The standard InChI is InChI=1S/C8H18N2O/c1-7(2)6-8(11)10-5-4-9-3/h7,9H,4-6H2,1-3H3,(H,10,11). The highest BCUT2D eigenvalue weighted by atomic mass is 16.1. The summed E-state index contributed by atoms with van der Waals surface area (Å²) in [4.78, 5) is 11.0. The average Bonchev–Trinajstić information content (AvgIpc) is 1.86. The molecule has 0 saturated carbocycles. The van der Waals surface area contributed by atoms with E-state index >= 15 is 0 Å². The first kappa shape index (κ1) is 10.4. The van der Waals surface area contributed by atoms with Crippen LogP contribution < -0.4 is 10.6 Å². The lowest BCUT2D eigenvalue weighted by Crippen LogP contribution is -2.30. The van der Waals surface area contributed by atoms with Crippen molar-refractivity contribution in [2.24, 2.45) is 5.92 Å². The minimum atomic E-state index is 0.148. The number of nitrogens with one attached hydrogen (secondary N) is 2. The first-order chi connectivity index (χ1) is 5.16. The molecule has 0 rings (SSSR count). The first-order valence-corrected chi connectivity index (χ1v) is 4.08. The molecule has 0 saturated heterocycles. The van der Waals surface area contributed by atoms with Crippen LogP contribution in [-0.4, -0.2) is 26.0 Å². The van der Waals surface area contributed by atoms with Gasteiger partial charge in [0.25, 0.3) is 0 Å². The molecule has 0 aromatic rings. The van der Waals surface area contributed by atoms with Gasteiger partial charge >= 0.3 is 0 Å². The second-order valence-corrected chi connectivity index (χ2v) is 3.05. The van der Waals surface area contributed by atoms with Gasteiger partial charge in [-0.1, -0.05) is 13.8 Å². The fourth-order valence-electron chi connectivity index (χ4n) is 0.770. The lowest BCUT2D eigenvalue weighted by Gasteiger charge is -2.05. The maximum absolute atomic E-state index is 11.0. The number of rotatable bonds is 5. The number of carbonyl (C=O) groups excluding carboxylic acids is 1. The summed E-state index contributed by atoms with van der Waals surface area (Å²) in [5.41, 5.74) is 0. The van der Waals surface area contributed by atoms with Crippen LogP contribution >= 0.6 is 0 Å². The van der Waals surface area contributed by atoms with Crippen LogP contribution in [-0.2, 0) is 4.79 Å². The largest absolute Gasteiger partial charge is 0.355 e. The zero-order chi connectivity index (χ0) is 8.69. The highest BCUT2D eigenvalue weighted by Crippen LogP contribution is 1.97. The molecule has 1 amide bonds. The summed E-state index contributed by atoms with van der Waals surface area (Å²) in [5, 5.41) is 5.78. The van der Waals surface area contributed by atoms with Crippen molar-refractivity contribution in [1.29, 1.82) is 0 Å². The predicted molar refractivity (Wildman–Crippen MR) is 46.4 cm³/mol. The summed E-state index contributed by atoms with van der Waals surface area (Å²) < 4.78 is 0. The van der Waals surface area contributed by atoms with Crippen LogP contribution in [0.1, 0.15) is 20.3 Å². The summed E-state index contributed by atoms with van der Waals surface area (Å²) in [7, 11) is 1.87. The molecule has 11 heavy (non-hydrogen) atoms. The molecular formula is C8H18N2O. The minimum absolute atomic E-state index is 0.148. The Hall–Kier alpha value is -0.570. The van der Waals surface area contributed by atoms with E-state index in [-0.39, 0.29) is 5.91 Å². The number of hydrogen-bond acceptors (Lipinski definition) is 2. The van der Waals surface area contributed by atoms with Gasteiger partial charge in [0.05, 0.1) is 0 Å². The van der Waals surface area contributed by atoms with Crippen molar-refractivity contribution < 1.29 is 4.79 Å². The molecule has 2 N–H and O–H groups in total. The molecule has 0 atom stereocenters. The average molecular weight is 158 g/mol. The molecule has 0 heterocycles. The maximum Gasteiger partial charge on any atom is 0.220 e. The van der Waals surface area contributed by atoms with E-state index in [1.807, 2.05) is 20.9 Å². The lowest BCUT2D eigenvalue weighted by atomic mass is 10.1. The Kier molecular flexibility index (Phi) is 5.84. The van der Waals surface area contributed by atoms with Crippen LogP contribution in [0.25, 0.3) is 0 Å². The van der Waals surface area contributed by atoms with Crippen molar-refractivity contribution in [2.75, 3.05) is 20.1 Å². The number of carbonyl (C=O) groups is 1. The molecular weight excluding hydrogens is 140 g/mol. The summed E-state index contributed by atoms with van der Waals surface area (Å²) in [6.07, 6.45) is 0.629. The van der Waals surface area contributed by atoms with Gasteiger partial charge in [0.15, 0.2) is 0 Å². The second-order valence-electron chi connectivity index (χ2n) is 3.05. The number of amides is 1. The van der Waals surface area contributed by atoms with E-state index < -0.39 is 0 Å². The van der Waals surface area contributed by atoms with Crippen molar-refractivity contribution in [3.63, 3.8) is 0 Å². The smallest absolute Gasteiger partial charge is 0.220 e. The summed E-state index contributed by atoms with van der Waals surface area (Å²) in [6, 6.07) is 0. The van der Waals surface area contributed by atoms with E-state index in [2.05, 4.69) is 10.6 Å². The highest BCUT2D eigenvalue weighted by Gasteiger charge is 2.02. The molecule has 3 nitrogen and oxygen atoms in total. The first-order valence-electron chi connectivity index (χ1n) is 4.08. The Bertz CT molecular complexity index is 113. The summed E-state index contributed by atoms with van der Waals surface area (Å²) >= 11 is 0. The highest BCUT2D eigenvalue weighted by molar-refractivity contribution is 5.75. The Labute approximate surface area is 68.6 Å². The van der Waals surface area contributed by atoms with Crippen LogP contribution in [0.2, 0.25) is 0 Å². The molecule has 3 heteroatoms. The molecule has 0 aromatic heterocycles. The van der Waals surface area contributed by atoms with E-state index in [4.69, 9.17) is 0 Å². The fourth-order valence-corrected chi connectivity index (χ4v) is 0.770. The molecule has 0 spiro atoms. The van der Waals surface area contributed by atoms with E-state index in [1.54, 1.807) is 0 Å². The Morgan fingerprint density at radius 2 is 2.00 bits per heavy atom. The normalized spacial score (nSPS) is 10.2. The molecule has 0 aliphatic heterocycles. The Morgan fingerprint density at radius 3 is 2.45 bits per heavy atom. The van der Waals surface area contributed by atoms with Crippen LogP contribution in [0.3, 0.4) is 0 Å². The lowest BCUT2D eigenvalue weighted by molar-refractivity contribution is -0.121. The predicted octanol–water partition coefficient (Wildman–Crippen LogP) is 0.368. The summed E-state index contributed by atoms with van der Waals surface area (Å²) in [5.74, 6) is 0.597. The SMILES string of the molecule is CNCCNC(=O)CC(C)C. The number of likely N-dealkylation sites (N-methyl/N-ethyl adjacent to an activating group) is 1. The van der Waals surface area contributed by atoms with E-state index in [1.165, 1.54) is 0 Å². The van der Waals surface area contributed by atoms with Gasteiger partial charge in [-0.2, -0.15) is 0 Å². The van der Waals surface area contributed by atoms with Crippen molar-refractivity contribution in [3.05, 3.63) is 0 Å². The molecule has 0 aliphatic rings. The van der Waals surface area contributed by atoms with E-state index in [0.29, 0.717) is 12.3 Å². The minimum Gasteiger partial charge on any atom is -0.355 e. The van der Waals surface area contributed by atoms with Gasteiger partial charge in [-0.25, -0.2) is 0 Å². The molecule has 0 aliphatic carbocycles. The van der Waals surface area contributed by atoms with Crippen LogP contribution in [0.4, 0.5) is 0 Å². The monoisotopic (exact) mass is 158 g/mol. The molecule has 0 radical (unpaired) electrons. The molecule has 0 unspecified atom stereocenters. The van der Waals surface area contributed by atoms with Gasteiger partial charge in [0, 0.05) is 19.5 Å². The van der Waals surface area contributed by atoms with Crippen molar-refractivity contribution in [1.82, 2.24) is 10.6 Å². The van der Waals surface area contributed by atoms with E-state index in [9.17, 15) is 4.79 Å². The van der Waals surface area contributed by atoms with Crippen molar-refractivity contribution >= 4 is 5.91 Å². The van der Waals surface area contributed by atoms with Crippen LogP contribution in [0, 0.1) is 5.92 Å². The molecule has 0 aromatic carbocycles. The van der Waals surface area contributed by atoms with Gasteiger partial charge < -0.3 is 10.6 Å². The Balaban J connectivity index is 3.23. The van der Waals surface area contributed by atoms with Crippen LogP contribution in [0.5, 0.6) is 0 Å². The van der Waals surface area contributed by atoms with Gasteiger partial charge in [0.1, 0.15) is 0 Å². The van der Waals surface area contributed by atoms with E-state index in [0.717, 1.165) is 13.1 Å². The fraction of sp³-hybridized carbons (Fsp3) is 0.875. The quantitative estimate of drug-likeness (QED) is 0.567. The molecule has 66 valence electrons.